The van der Waals surface area contributed by atoms with Gasteiger partial charge in [-0.05, 0) is 47.9 Å². The quantitative estimate of drug-likeness (QED) is 0.671. The van der Waals surface area contributed by atoms with E-state index in [2.05, 4.69) is 15.3 Å². The summed E-state index contributed by atoms with van der Waals surface area (Å²) in [7, 11) is 1.79. The van der Waals surface area contributed by atoms with Gasteiger partial charge in [0.05, 0.1) is 0 Å². The van der Waals surface area contributed by atoms with Gasteiger partial charge in [-0.3, -0.25) is 14.8 Å². The van der Waals surface area contributed by atoms with Gasteiger partial charge in [0.15, 0.2) is 0 Å². The van der Waals surface area contributed by atoms with Gasteiger partial charge in [-0.2, -0.15) is 0 Å². The summed E-state index contributed by atoms with van der Waals surface area (Å²) < 4.78 is 0. The van der Waals surface area contributed by atoms with Crippen LogP contribution in [0.3, 0.4) is 0 Å². The highest BCUT2D eigenvalue weighted by molar-refractivity contribution is 6.31. The molecule has 2 aromatic heterocycles. The van der Waals surface area contributed by atoms with Gasteiger partial charge in [0.25, 0.3) is 5.91 Å². The molecule has 2 heterocycles. The molecule has 0 spiro atoms. The first-order valence-electron chi connectivity index (χ1n) is 8.71. The van der Waals surface area contributed by atoms with E-state index in [1.807, 2.05) is 42.5 Å². The Hall–Kier alpha value is -2.92. The summed E-state index contributed by atoms with van der Waals surface area (Å²) in [5.74, 6) is -0.106. The summed E-state index contributed by atoms with van der Waals surface area (Å²) >= 11 is 6.18. The second-order valence-electron chi connectivity index (χ2n) is 6.21. The molecule has 0 fully saturated rings. The van der Waals surface area contributed by atoms with E-state index in [4.69, 9.17) is 11.6 Å². The maximum atomic E-state index is 12.6. The Morgan fingerprint density at radius 1 is 1.11 bits per heavy atom. The molecule has 0 aliphatic rings. The van der Waals surface area contributed by atoms with E-state index < -0.39 is 0 Å². The highest BCUT2D eigenvalue weighted by atomic mass is 35.5. The van der Waals surface area contributed by atoms with Crippen LogP contribution in [0.25, 0.3) is 0 Å². The Morgan fingerprint density at radius 3 is 2.67 bits per heavy atom. The standard InChI is InChI=1S/C21H21ClN4O/c1-26(13-9-16-6-10-23-11-7-16)21(27)20-14-18(8-12-24-20)25-15-17-4-2-3-5-19(17)22/h2-8,10-12,14H,9,13,15H2,1H3,(H,24,25). The third kappa shape index (κ3) is 5.28. The minimum atomic E-state index is -0.106. The van der Waals surface area contributed by atoms with Crippen molar-refractivity contribution in [2.24, 2.45) is 0 Å². The predicted octanol–water partition coefficient (Wildman–Crippen LogP) is 4.06. The minimum absolute atomic E-state index is 0.106. The number of nitrogens with zero attached hydrogens (tertiary/aromatic N) is 3. The van der Waals surface area contributed by atoms with Crippen LogP contribution in [-0.2, 0) is 13.0 Å². The summed E-state index contributed by atoms with van der Waals surface area (Å²) in [6.45, 7) is 1.19. The molecule has 0 aliphatic heterocycles. The van der Waals surface area contributed by atoms with Crippen LogP contribution in [0, 0.1) is 0 Å². The number of carbonyl (C=O) groups excluding carboxylic acids is 1. The lowest BCUT2D eigenvalue weighted by molar-refractivity contribution is 0.0791. The number of hydrogen-bond donors (Lipinski definition) is 1. The normalized spacial score (nSPS) is 10.4. The number of likely N-dealkylation sites (N-methyl/N-ethyl adjacent to an activating group) is 1. The van der Waals surface area contributed by atoms with Gasteiger partial charge in [0.2, 0.25) is 0 Å². The van der Waals surface area contributed by atoms with Gasteiger partial charge in [-0.15, -0.1) is 0 Å². The number of rotatable bonds is 7. The zero-order valence-electron chi connectivity index (χ0n) is 15.1. The van der Waals surface area contributed by atoms with E-state index in [0.29, 0.717) is 23.8 Å². The molecule has 0 radical (unpaired) electrons. The van der Waals surface area contributed by atoms with Crippen molar-refractivity contribution in [1.29, 1.82) is 0 Å². The van der Waals surface area contributed by atoms with Crippen molar-refractivity contribution in [3.63, 3.8) is 0 Å². The van der Waals surface area contributed by atoms with Crippen molar-refractivity contribution >= 4 is 23.2 Å². The lowest BCUT2D eigenvalue weighted by Gasteiger charge is -2.17. The van der Waals surface area contributed by atoms with Crippen molar-refractivity contribution in [3.8, 4) is 0 Å². The number of hydrogen-bond acceptors (Lipinski definition) is 4. The Labute approximate surface area is 164 Å². The molecule has 0 saturated carbocycles. The molecule has 0 aliphatic carbocycles. The van der Waals surface area contributed by atoms with Crippen molar-refractivity contribution < 1.29 is 4.79 Å². The summed E-state index contributed by atoms with van der Waals surface area (Å²) in [6, 6.07) is 15.2. The van der Waals surface area contributed by atoms with E-state index in [9.17, 15) is 4.79 Å². The first-order valence-corrected chi connectivity index (χ1v) is 9.09. The lowest BCUT2D eigenvalue weighted by Crippen LogP contribution is -2.29. The van der Waals surface area contributed by atoms with Gasteiger partial charge in [0, 0.05) is 49.4 Å². The molecule has 3 aromatic rings. The van der Waals surface area contributed by atoms with Crippen molar-refractivity contribution in [2.45, 2.75) is 13.0 Å². The molecule has 0 bridgehead atoms. The molecular weight excluding hydrogens is 360 g/mol. The van der Waals surface area contributed by atoms with Gasteiger partial charge in [0.1, 0.15) is 5.69 Å². The highest BCUT2D eigenvalue weighted by Gasteiger charge is 2.13. The smallest absolute Gasteiger partial charge is 0.272 e. The second-order valence-corrected chi connectivity index (χ2v) is 6.61. The zero-order chi connectivity index (χ0) is 19.1. The number of anilines is 1. The van der Waals surface area contributed by atoms with Gasteiger partial charge < -0.3 is 10.2 Å². The van der Waals surface area contributed by atoms with E-state index in [1.165, 1.54) is 0 Å². The van der Waals surface area contributed by atoms with E-state index in [0.717, 1.165) is 23.2 Å². The molecule has 27 heavy (non-hydrogen) atoms. The van der Waals surface area contributed by atoms with Crippen LogP contribution in [0.15, 0.2) is 67.1 Å². The number of aromatic nitrogens is 2. The summed E-state index contributed by atoms with van der Waals surface area (Å²) in [5.41, 5.74) is 3.39. The van der Waals surface area contributed by atoms with E-state index >= 15 is 0 Å². The predicted molar refractivity (Wildman–Crippen MR) is 108 cm³/mol. The SMILES string of the molecule is CN(CCc1ccncc1)C(=O)c1cc(NCc2ccccc2Cl)ccn1. The molecule has 1 amide bonds. The van der Waals surface area contributed by atoms with Gasteiger partial charge in [-0.1, -0.05) is 29.8 Å². The van der Waals surface area contributed by atoms with Crippen LogP contribution in [0.2, 0.25) is 5.02 Å². The molecule has 3 rings (SSSR count). The molecule has 0 unspecified atom stereocenters. The topological polar surface area (TPSA) is 58.1 Å². The molecule has 0 atom stereocenters. The van der Waals surface area contributed by atoms with Crippen LogP contribution < -0.4 is 5.32 Å². The first kappa shape index (κ1) is 18.9. The Morgan fingerprint density at radius 2 is 1.89 bits per heavy atom. The molecule has 1 N–H and O–H groups in total. The number of nitrogens with one attached hydrogen (secondary N) is 1. The van der Waals surface area contributed by atoms with Crippen molar-refractivity contribution in [3.05, 3.63) is 89.0 Å². The van der Waals surface area contributed by atoms with Gasteiger partial charge in [-0.25, -0.2) is 0 Å². The number of benzene rings is 1. The third-order valence-corrected chi connectivity index (χ3v) is 4.62. The number of pyridine rings is 2. The van der Waals surface area contributed by atoms with Gasteiger partial charge >= 0.3 is 0 Å². The molecule has 6 heteroatoms. The maximum Gasteiger partial charge on any atom is 0.272 e. The summed E-state index contributed by atoms with van der Waals surface area (Å²) in [4.78, 5) is 22.6. The monoisotopic (exact) mass is 380 g/mol. The average Bonchev–Trinajstić information content (AvgIpc) is 2.72. The number of halogens is 1. The first-order chi connectivity index (χ1) is 13.1. The fourth-order valence-electron chi connectivity index (χ4n) is 2.64. The fraction of sp³-hybridized carbons (Fsp3) is 0.190. The molecular formula is C21H21ClN4O. The Kier molecular flexibility index (Phi) is 6.39. The molecule has 0 saturated heterocycles. The number of amides is 1. The molecule has 1 aromatic carbocycles. The molecule has 138 valence electrons. The van der Waals surface area contributed by atoms with Crippen LogP contribution in [-0.4, -0.2) is 34.4 Å². The van der Waals surface area contributed by atoms with Crippen LogP contribution in [0.1, 0.15) is 21.6 Å². The number of carbonyl (C=O) groups is 1. The fourth-order valence-corrected chi connectivity index (χ4v) is 2.84. The second kappa shape index (κ2) is 9.14. The van der Waals surface area contributed by atoms with Crippen LogP contribution in [0.4, 0.5) is 5.69 Å². The minimum Gasteiger partial charge on any atom is -0.381 e. The van der Waals surface area contributed by atoms with Crippen molar-refractivity contribution in [1.82, 2.24) is 14.9 Å². The highest BCUT2D eigenvalue weighted by Crippen LogP contribution is 2.17. The van der Waals surface area contributed by atoms with E-state index in [-0.39, 0.29) is 5.91 Å². The van der Waals surface area contributed by atoms with Crippen molar-refractivity contribution in [2.75, 3.05) is 18.9 Å². The third-order valence-electron chi connectivity index (χ3n) is 4.25. The summed E-state index contributed by atoms with van der Waals surface area (Å²) in [6.07, 6.45) is 5.92. The molecule has 5 nitrogen and oxygen atoms in total. The Balaban J connectivity index is 1.60. The zero-order valence-corrected chi connectivity index (χ0v) is 15.9. The Bertz CT molecular complexity index is 901. The van der Waals surface area contributed by atoms with Crippen LogP contribution >= 0.6 is 11.6 Å². The average molecular weight is 381 g/mol. The summed E-state index contributed by atoms with van der Waals surface area (Å²) in [5, 5.41) is 4.01. The lowest BCUT2D eigenvalue weighted by atomic mass is 10.2. The van der Waals surface area contributed by atoms with Crippen LogP contribution in [0.5, 0.6) is 0 Å². The largest absolute Gasteiger partial charge is 0.381 e. The van der Waals surface area contributed by atoms with E-state index in [1.54, 1.807) is 36.6 Å². The maximum absolute atomic E-state index is 12.6.